The van der Waals surface area contributed by atoms with Gasteiger partial charge in [-0.3, -0.25) is 9.59 Å². The molecule has 0 N–H and O–H groups in total. The van der Waals surface area contributed by atoms with Crippen molar-refractivity contribution in [2.24, 2.45) is 0 Å². The Balaban J connectivity index is 1.37. The molecule has 2 amide bonds. The lowest BCUT2D eigenvalue weighted by atomic mass is 10.1. The number of benzene rings is 1. The number of fused-ring (bicyclic) bond motifs is 1. The molecule has 184 valence electrons. The summed E-state index contributed by atoms with van der Waals surface area (Å²) in [6, 6.07) is 10.5. The highest BCUT2D eigenvalue weighted by Crippen LogP contribution is 2.32. The number of hydrogen-bond acceptors (Lipinski definition) is 8. The predicted octanol–water partition coefficient (Wildman–Crippen LogP) is 2.19. The van der Waals surface area contributed by atoms with E-state index in [0.29, 0.717) is 36.8 Å². The number of amides is 2. The molecule has 0 unspecified atom stereocenters. The molecule has 36 heavy (non-hydrogen) atoms. The second-order valence-corrected chi connectivity index (χ2v) is 8.37. The van der Waals surface area contributed by atoms with Crippen molar-refractivity contribution < 1.29 is 19.1 Å². The second kappa shape index (κ2) is 9.61. The molecule has 1 saturated heterocycles. The summed E-state index contributed by atoms with van der Waals surface area (Å²) in [6.07, 6.45) is 4.76. The number of nitrogens with zero attached hydrogens (tertiary/aromatic N) is 7. The molecule has 4 heterocycles. The van der Waals surface area contributed by atoms with Gasteiger partial charge in [-0.2, -0.15) is 5.10 Å². The zero-order valence-electron chi connectivity index (χ0n) is 20.2. The molecule has 0 spiro atoms. The van der Waals surface area contributed by atoms with Crippen LogP contribution in [0.3, 0.4) is 0 Å². The van der Waals surface area contributed by atoms with Gasteiger partial charge in [-0.1, -0.05) is 0 Å². The Labute approximate surface area is 207 Å². The molecule has 1 atom stereocenters. The van der Waals surface area contributed by atoms with Crippen molar-refractivity contribution in [2.45, 2.75) is 13.0 Å². The molecule has 3 aromatic heterocycles. The molecule has 11 heteroatoms. The smallest absolute Gasteiger partial charge is 0.292 e. The van der Waals surface area contributed by atoms with E-state index < -0.39 is 0 Å². The molecule has 0 bridgehead atoms. The number of ether oxygens (including phenoxy) is 2. The second-order valence-electron chi connectivity index (χ2n) is 8.37. The molecular formula is C25H25N7O4. The fourth-order valence-electron chi connectivity index (χ4n) is 4.36. The summed E-state index contributed by atoms with van der Waals surface area (Å²) in [7, 11) is 3.16. The van der Waals surface area contributed by atoms with E-state index in [1.54, 1.807) is 59.3 Å². The van der Waals surface area contributed by atoms with Crippen molar-refractivity contribution in [3.63, 3.8) is 0 Å². The van der Waals surface area contributed by atoms with Gasteiger partial charge < -0.3 is 19.3 Å². The van der Waals surface area contributed by atoms with E-state index in [1.165, 1.54) is 0 Å². The van der Waals surface area contributed by atoms with Crippen LogP contribution in [0, 0.1) is 0 Å². The van der Waals surface area contributed by atoms with E-state index in [0.717, 1.165) is 11.3 Å². The van der Waals surface area contributed by atoms with Gasteiger partial charge in [0.05, 0.1) is 19.9 Å². The molecule has 0 aliphatic carbocycles. The number of carbonyl (C=O) groups is 2. The number of carbonyl (C=O) groups excluding carboxylic acids is 2. The van der Waals surface area contributed by atoms with Gasteiger partial charge in [0, 0.05) is 55.9 Å². The predicted molar refractivity (Wildman–Crippen MR) is 130 cm³/mol. The van der Waals surface area contributed by atoms with Crippen LogP contribution in [-0.2, 0) is 0 Å². The molecular weight excluding hydrogens is 462 g/mol. The van der Waals surface area contributed by atoms with Crippen molar-refractivity contribution >= 4 is 17.5 Å². The van der Waals surface area contributed by atoms with E-state index >= 15 is 0 Å². The Morgan fingerprint density at radius 1 is 0.917 bits per heavy atom. The van der Waals surface area contributed by atoms with Gasteiger partial charge in [0.2, 0.25) is 5.82 Å². The van der Waals surface area contributed by atoms with Gasteiger partial charge in [-0.25, -0.2) is 19.5 Å². The van der Waals surface area contributed by atoms with E-state index in [1.807, 2.05) is 31.2 Å². The standard InChI is InChI=1S/C25H25N7O4/c1-16-15-30(11-12-31(16)25(34)23-27-8-4-9-28-23)24(33)18-14-22-26-10-7-19(32(22)29-18)17-5-6-20(35-2)21(13-17)36-3/h4-10,13-14,16H,11-12,15H2,1-3H3/t16-/m0/s1. The quantitative estimate of drug-likeness (QED) is 0.421. The third kappa shape index (κ3) is 4.19. The van der Waals surface area contributed by atoms with Crippen LogP contribution in [0.2, 0.25) is 0 Å². The lowest BCUT2D eigenvalue weighted by Crippen LogP contribution is -2.55. The SMILES string of the molecule is COc1ccc(-c2ccnc3cc(C(=O)N4CCN(C(=O)c5ncccn5)[C@@H](C)C4)nn23)cc1OC. The molecule has 1 aliphatic heterocycles. The largest absolute Gasteiger partial charge is 0.493 e. The fraction of sp³-hybridized carbons (Fsp3) is 0.280. The van der Waals surface area contributed by atoms with Crippen LogP contribution in [0.5, 0.6) is 11.5 Å². The van der Waals surface area contributed by atoms with E-state index in [4.69, 9.17) is 9.47 Å². The van der Waals surface area contributed by atoms with Crippen molar-refractivity contribution in [2.75, 3.05) is 33.9 Å². The topological polar surface area (TPSA) is 115 Å². The van der Waals surface area contributed by atoms with Crippen LogP contribution in [0.15, 0.2) is 55.0 Å². The van der Waals surface area contributed by atoms with Crippen LogP contribution in [-0.4, -0.2) is 86.1 Å². The Morgan fingerprint density at radius 2 is 1.69 bits per heavy atom. The number of rotatable bonds is 5. The zero-order valence-corrected chi connectivity index (χ0v) is 20.2. The van der Waals surface area contributed by atoms with Crippen LogP contribution in [0.25, 0.3) is 16.9 Å². The lowest BCUT2D eigenvalue weighted by Gasteiger charge is -2.39. The normalized spacial score (nSPS) is 15.7. The number of piperazine rings is 1. The Bertz CT molecular complexity index is 1420. The van der Waals surface area contributed by atoms with Crippen LogP contribution in [0.4, 0.5) is 0 Å². The summed E-state index contributed by atoms with van der Waals surface area (Å²) in [5.74, 6) is 0.901. The first-order valence-electron chi connectivity index (χ1n) is 11.4. The fourth-order valence-corrected chi connectivity index (χ4v) is 4.36. The van der Waals surface area contributed by atoms with Gasteiger partial charge >= 0.3 is 0 Å². The van der Waals surface area contributed by atoms with Gasteiger partial charge in [-0.15, -0.1) is 0 Å². The van der Waals surface area contributed by atoms with Gasteiger partial charge in [0.25, 0.3) is 11.8 Å². The summed E-state index contributed by atoms with van der Waals surface area (Å²) < 4.78 is 12.4. The van der Waals surface area contributed by atoms with E-state index in [2.05, 4.69) is 20.1 Å². The van der Waals surface area contributed by atoms with E-state index in [9.17, 15) is 9.59 Å². The Kier molecular flexibility index (Phi) is 6.19. The van der Waals surface area contributed by atoms with Crippen LogP contribution < -0.4 is 9.47 Å². The molecule has 1 aliphatic rings. The maximum atomic E-state index is 13.4. The number of aromatic nitrogens is 5. The number of methoxy groups -OCH3 is 2. The molecule has 1 fully saturated rings. The maximum Gasteiger partial charge on any atom is 0.292 e. The molecule has 1 aromatic carbocycles. The highest BCUT2D eigenvalue weighted by atomic mass is 16.5. The summed E-state index contributed by atoms with van der Waals surface area (Å²) in [4.78, 5) is 42.0. The first-order valence-corrected chi connectivity index (χ1v) is 11.4. The first-order chi connectivity index (χ1) is 17.5. The van der Waals surface area contributed by atoms with E-state index in [-0.39, 0.29) is 29.4 Å². The van der Waals surface area contributed by atoms with Gasteiger partial charge in [0.15, 0.2) is 22.8 Å². The summed E-state index contributed by atoms with van der Waals surface area (Å²) in [5.41, 5.74) is 2.43. The average Bonchev–Trinajstić information content (AvgIpc) is 3.37. The Morgan fingerprint density at radius 3 is 2.42 bits per heavy atom. The highest BCUT2D eigenvalue weighted by Gasteiger charge is 2.32. The third-order valence-corrected chi connectivity index (χ3v) is 6.19. The highest BCUT2D eigenvalue weighted by molar-refractivity contribution is 5.94. The lowest BCUT2D eigenvalue weighted by molar-refractivity contribution is 0.0404. The van der Waals surface area contributed by atoms with Crippen LogP contribution >= 0.6 is 0 Å². The molecule has 0 saturated carbocycles. The van der Waals surface area contributed by atoms with Crippen LogP contribution in [0.1, 0.15) is 28.0 Å². The molecule has 0 radical (unpaired) electrons. The molecule has 11 nitrogen and oxygen atoms in total. The Hall–Kier alpha value is -4.54. The number of hydrogen-bond donors (Lipinski definition) is 0. The maximum absolute atomic E-state index is 13.4. The van der Waals surface area contributed by atoms with Crippen molar-refractivity contribution in [3.05, 3.63) is 66.5 Å². The summed E-state index contributed by atoms with van der Waals surface area (Å²) in [6.45, 7) is 3.04. The summed E-state index contributed by atoms with van der Waals surface area (Å²) in [5, 5.41) is 4.58. The average molecular weight is 488 g/mol. The van der Waals surface area contributed by atoms with Crippen molar-refractivity contribution in [3.8, 4) is 22.8 Å². The van der Waals surface area contributed by atoms with Gasteiger partial charge in [0.1, 0.15) is 0 Å². The zero-order chi connectivity index (χ0) is 25.2. The molecule has 4 aromatic rings. The van der Waals surface area contributed by atoms with Gasteiger partial charge in [-0.05, 0) is 37.3 Å². The monoisotopic (exact) mass is 487 g/mol. The van der Waals surface area contributed by atoms with Crippen molar-refractivity contribution in [1.82, 2.24) is 34.4 Å². The third-order valence-electron chi connectivity index (χ3n) is 6.19. The minimum Gasteiger partial charge on any atom is -0.493 e. The first kappa shape index (κ1) is 23.2. The van der Waals surface area contributed by atoms with Crippen molar-refractivity contribution in [1.29, 1.82) is 0 Å². The minimum absolute atomic E-state index is 0.151. The summed E-state index contributed by atoms with van der Waals surface area (Å²) >= 11 is 0. The minimum atomic E-state index is -0.244. The molecule has 5 rings (SSSR count).